The quantitative estimate of drug-likeness (QED) is 0.483. The lowest BCUT2D eigenvalue weighted by Crippen LogP contribution is -2.41. The van der Waals surface area contributed by atoms with E-state index in [4.69, 9.17) is 5.11 Å². The van der Waals surface area contributed by atoms with Gasteiger partial charge >= 0.3 is 0 Å². The van der Waals surface area contributed by atoms with Gasteiger partial charge in [-0.3, -0.25) is 19.4 Å². The number of nitrogens with one attached hydrogen (secondary N) is 2. The molecule has 1 saturated heterocycles. The third-order valence-corrected chi connectivity index (χ3v) is 3.29. The van der Waals surface area contributed by atoms with Crippen LogP contribution in [0, 0.1) is 0 Å². The Balaban J connectivity index is 2.16. The standard InChI is InChI=1S/C13H26N4O3/c1-12(19)14-3-4-15-13(20)11-17-6-2-5-16(7-8-17)9-10-18/h18H,2-11H2,1H3,(H,14,19)(H,15,20). The third kappa shape index (κ3) is 7.42. The van der Waals surface area contributed by atoms with Crippen molar-refractivity contribution in [1.82, 2.24) is 20.4 Å². The zero-order chi connectivity index (χ0) is 14.8. The van der Waals surface area contributed by atoms with Gasteiger partial charge in [-0.2, -0.15) is 0 Å². The molecule has 0 aromatic rings. The highest BCUT2D eigenvalue weighted by Gasteiger charge is 2.16. The predicted molar refractivity (Wildman–Crippen MR) is 76.3 cm³/mol. The van der Waals surface area contributed by atoms with Crippen molar-refractivity contribution in [3.05, 3.63) is 0 Å². The molecule has 1 aliphatic rings. The first kappa shape index (κ1) is 16.9. The van der Waals surface area contributed by atoms with Crippen LogP contribution in [-0.4, -0.2) is 85.7 Å². The highest BCUT2D eigenvalue weighted by atomic mass is 16.3. The van der Waals surface area contributed by atoms with E-state index in [1.54, 1.807) is 0 Å². The van der Waals surface area contributed by atoms with Crippen molar-refractivity contribution in [2.75, 3.05) is 59.0 Å². The fourth-order valence-electron chi connectivity index (χ4n) is 2.25. The third-order valence-electron chi connectivity index (χ3n) is 3.29. The summed E-state index contributed by atoms with van der Waals surface area (Å²) < 4.78 is 0. The average Bonchev–Trinajstić information content (AvgIpc) is 2.61. The number of carbonyl (C=O) groups excluding carboxylic acids is 2. The zero-order valence-electron chi connectivity index (χ0n) is 12.2. The van der Waals surface area contributed by atoms with Crippen molar-refractivity contribution >= 4 is 11.8 Å². The SMILES string of the molecule is CC(=O)NCCNC(=O)CN1CCCN(CCO)CC1. The van der Waals surface area contributed by atoms with E-state index >= 15 is 0 Å². The van der Waals surface area contributed by atoms with Crippen LogP contribution in [0.25, 0.3) is 0 Å². The molecule has 0 aliphatic carbocycles. The van der Waals surface area contributed by atoms with Gasteiger partial charge in [0, 0.05) is 39.6 Å². The summed E-state index contributed by atoms with van der Waals surface area (Å²) in [5.41, 5.74) is 0. The minimum atomic E-state index is -0.0873. The van der Waals surface area contributed by atoms with Gasteiger partial charge in [0.25, 0.3) is 0 Å². The van der Waals surface area contributed by atoms with Crippen molar-refractivity contribution in [3.63, 3.8) is 0 Å². The number of hydrogen-bond acceptors (Lipinski definition) is 5. The molecule has 0 saturated carbocycles. The molecule has 1 rings (SSSR count). The van der Waals surface area contributed by atoms with Crippen LogP contribution in [0.15, 0.2) is 0 Å². The summed E-state index contributed by atoms with van der Waals surface area (Å²) in [6.45, 7) is 7.28. The molecule has 2 amide bonds. The summed E-state index contributed by atoms with van der Waals surface area (Å²) in [5.74, 6) is -0.0956. The van der Waals surface area contributed by atoms with E-state index in [0.717, 1.165) is 32.6 Å². The number of nitrogens with zero attached hydrogens (tertiary/aromatic N) is 2. The molecule has 116 valence electrons. The number of hydrogen-bond donors (Lipinski definition) is 3. The maximum atomic E-state index is 11.8. The number of β-amino-alcohol motifs (C(OH)–C–C–N with tert-alkyl or cyclic N) is 1. The second-order valence-corrected chi connectivity index (χ2v) is 5.03. The normalized spacial score (nSPS) is 17.5. The Morgan fingerprint density at radius 1 is 1.05 bits per heavy atom. The van der Waals surface area contributed by atoms with Crippen LogP contribution in [0.4, 0.5) is 0 Å². The van der Waals surface area contributed by atoms with Gasteiger partial charge in [-0.05, 0) is 19.5 Å². The Bertz CT molecular complexity index is 312. The topological polar surface area (TPSA) is 84.9 Å². The molecular formula is C13H26N4O3. The molecule has 20 heavy (non-hydrogen) atoms. The van der Waals surface area contributed by atoms with Gasteiger partial charge in [0.05, 0.1) is 13.2 Å². The number of carbonyl (C=O) groups is 2. The lowest BCUT2D eigenvalue weighted by Gasteiger charge is -2.20. The van der Waals surface area contributed by atoms with Gasteiger partial charge in [0.2, 0.25) is 11.8 Å². The Morgan fingerprint density at radius 3 is 2.40 bits per heavy atom. The molecule has 1 heterocycles. The highest BCUT2D eigenvalue weighted by Crippen LogP contribution is 2.02. The van der Waals surface area contributed by atoms with E-state index in [1.165, 1.54) is 6.92 Å². The molecule has 0 radical (unpaired) electrons. The van der Waals surface area contributed by atoms with Crippen LogP contribution in [0.1, 0.15) is 13.3 Å². The summed E-state index contributed by atoms with van der Waals surface area (Å²) in [4.78, 5) is 26.8. The summed E-state index contributed by atoms with van der Waals surface area (Å²) in [6.07, 6.45) is 1.01. The van der Waals surface area contributed by atoms with E-state index in [9.17, 15) is 9.59 Å². The lowest BCUT2D eigenvalue weighted by molar-refractivity contribution is -0.123. The minimum absolute atomic E-state index is 0.00837. The fraction of sp³-hybridized carbons (Fsp3) is 0.846. The molecule has 0 unspecified atom stereocenters. The van der Waals surface area contributed by atoms with Crippen LogP contribution in [0.3, 0.4) is 0 Å². The number of amides is 2. The van der Waals surface area contributed by atoms with E-state index in [2.05, 4.69) is 20.4 Å². The van der Waals surface area contributed by atoms with Gasteiger partial charge in [-0.1, -0.05) is 0 Å². The smallest absolute Gasteiger partial charge is 0.234 e. The molecule has 0 aromatic heterocycles. The van der Waals surface area contributed by atoms with Crippen LogP contribution >= 0.6 is 0 Å². The van der Waals surface area contributed by atoms with Gasteiger partial charge in [-0.15, -0.1) is 0 Å². The second-order valence-electron chi connectivity index (χ2n) is 5.03. The first-order valence-electron chi connectivity index (χ1n) is 7.18. The Kier molecular flexibility index (Phi) is 8.17. The Labute approximate surface area is 120 Å². The van der Waals surface area contributed by atoms with Crippen LogP contribution < -0.4 is 10.6 Å². The number of aliphatic hydroxyl groups is 1. The van der Waals surface area contributed by atoms with Crippen molar-refractivity contribution in [1.29, 1.82) is 0 Å². The number of aliphatic hydroxyl groups excluding tert-OH is 1. The summed E-state index contributed by atoms with van der Waals surface area (Å²) >= 11 is 0. The molecule has 0 bridgehead atoms. The summed E-state index contributed by atoms with van der Waals surface area (Å²) in [6, 6.07) is 0. The first-order chi connectivity index (χ1) is 9.61. The monoisotopic (exact) mass is 286 g/mol. The van der Waals surface area contributed by atoms with E-state index in [-0.39, 0.29) is 18.4 Å². The number of rotatable bonds is 7. The van der Waals surface area contributed by atoms with Crippen LogP contribution in [-0.2, 0) is 9.59 Å². The van der Waals surface area contributed by atoms with Gasteiger partial charge in [0.1, 0.15) is 0 Å². The summed E-state index contributed by atoms with van der Waals surface area (Å²) in [7, 11) is 0. The predicted octanol–water partition coefficient (Wildman–Crippen LogP) is -1.76. The van der Waals surface area contributed by atoms with E-state index in [0.29, 0.717) is 26.2 Å². The molecule has 1 fully saturated rings. The maximum Gasteiger partial charge on any atom is 0.234 e. The van der Waals surface area contributed by atoms with Crippen molar-refractivity contribution < 1.29 is 14.7 Å². The minimum Gasteiger partial charge on any atom is -0.395 e. The molecule has 0 spiro atoms. The lowest BCUT2D eigenvalue weighted by atomic mass is 10.3. The summed E-state index contributed by atoms with van der Waals surface area (Å²) in [5, 5.41) is 14.4. The molecule has 7 nitrogen and oxygen atoms in total. The first-order valence-corrected chi connectivity index (χ1v) is 7.18. The zero-order valence-corrected chi connectivity index (χ0v) is 12.2. The molecule has 7 heteroatoms. The van der Waals surface area contributed by atoms with Gasteiger partial charge in [0.15, 0.2) is 0 Å². The van der Waals surface area contributed by atoms with E-state index < -0.39 is 0 Å². The van der Waals surface area contributed by atoms with Crippen LogP contribution in [0.2, 0.25) is 0 Å². The Morgan fingerprint density at radius 2 is 1.70 bits per heavy atom. The Hall–Kier alpha value is -1.18. The van der Waals surface area contributed by atoms with E-state index in [1.807, 2.05) is 0 Å². The molecule has 0 atom stereocenters. The molecule has 0 aromatic carbocycles. The van der Waals surface area contributed by atoms with Gasteiger partial charge in [-0.25, -0.2) is 0 Å². The maximum absolute atomic E-state index is 11.8. The van der Waals surface area contributed by atoms with Crippen molar-refractivity contribution in [3.8, 4) is 0 Å². The van der Waals surface area contributed by atoms with Gasteiger partial charge < -0.3 is 15.7 Å². The largest absolute Gasteiger partial charge is 0.395 e. The van der Waals surface area contributed by atoms with Crippen molar-refractivity contribution in [2.45, 2.75) is 13.3 Å². The highest BCUT2D eigenvalue weighted by molar-refractivity contribution is 5.78. The molecule has 3 N–H and O–H groups in total. The van der Waals surface area contributed by atoms with Crippen LogP contribution in [0.5, 0.6) is 0 Å². The van der Waals surface area contributed by atoms with Crippen molar-refractivity contribution in [2.24, 2.45) is 0 Å². The fourth-order valence-corrected chi connectivity index (χ4v) is 2.25. The molecule has 1 aliphatic heterocycles. The second kappa shape index (κ2) is 9.68. The molecular weight excluding hydrogens is 260 g/mol. The average molecular weight is 286 g/mol.